The van der Waals surface area contributed by atoms with E-state index in [-0.39, 0.29) is 30.2 Å². The number of rotatable bonds is 4. The van der Waals surface area contributed by atoms with Crippen molar-refractivity contribution >= 4 is 27.0 Å². The summed E-state index contributed by atoms with van der Waals surface area (Å²) < 4.78 is 0. The molecule has 36 heavy (non-hydrogen) atoms. The van der Waals surface area contributed by atoms with Gasteiger partial charge in [-0.1, -0.05) is 36.4 Å². The van der Waals surface area contributed by atoms with Gasteiger partial charge in [-0.05, 0) is 0 Å². The number of fused-ring (bicyclic) bond motifs is 3. The van der Waals surface area contributed by atoms with E-state index in [1.807, 2.05) is 12.2 Å². The zero-order chi connectivity index (χ0) is 23.4. The first-order chi connectivity index (χ1) is 16.8. The summed E-state index contributed by atoms with van der Waals surface area (Å²) in [7, 11) is 0. The topological polar surface area (TPSA) is 0 Å². The quantitative estimate of drug-likeness (QED) is 0.219. The number of allylic oxidation sites excluding steroid dienone is 4. The summed E-state index contributed by atoms with van der Waals surface area (Å²) in [5.74, 6) is 0. The Bertz CT molecular complexity index is 1290. The van der Waals surface area contributed by atoms with Gasteiger partial charge in [0, 0.05) is 0 Å². The maximum absolute atomic E-state index is 2.99. The molecular weight excluding hydrogens is 575 g/mol. The van der Waals surface area contributed by atoms with Gasteiger partial charge in [0.05, 0.1) is 0 Å². The maximum atomic E-state index is 2.99. The van der Waals surface area contributed by atoms with E-state index < -0.39 is 0 Å². The molecule has 5 aromatic rings. The summed E-state index contributed by atoms with van der Waals surface area (Å²) in [4.78, 5) is 0. The van der Waals surface area contributed by atoms with E-state index in [1.165, 1.54) is 44.8 Å². The molecule has 6 rings (SSSR count). The summed E-state index contributed by atoms with van der Waals surface area (Å²) >= 11 is 1.73. The third kappa shape index (κ3) is 9.41. The predicted molar refractivity (Wildman–Crippen MR) is 145 cm³/mol. The van der Waals surface area contributed by atoms with Crippen molar-refractivity contribution in [3.8, 4) is 0 Å². The Hall–Kier alpha value is -2.09. The normalized spacial score (nSPS) is 10.9. The van der Waals surface area contributed by atoms with Gasteiger partial charge in [-0.25, -0.2) is 12.2 Å². The van der Waals surface area contributed by atoms with Crippen LogP contribution in [0.15, 0.2) is 133 Å². The molecule has 0 aromatic heterocycles. The standard InChI is InChI=1S/C14H14Si.C13H9.C5H5.2ClH.Zr/c1-3-7-13(8-4-1)11-15-12-14-9-5-2-6-10-14;1-3-7-12-10(5-1)9-11-6-2-4-8-13(11)12;1-2-4-5-3-1;;;/h1-10H,11-12H2;1-9H;1-3H,4H2;2*1H;/q;2*-1;;;+2/p-2. The van der Waals surface area contributed by atoms with Crippen molar-refractivity contribution in [3.63, 3.8) is 0 Å². The van der Waals surface area contributed by atoms with Crippen LogP contribution in [-0.2, 0) is 35.4 Å². The molecule has 0 nitrogen and oxygen atoms in total. The monoisotopic (exact) mass is 600 g/mol. The van der Waals surface area contributed by atoms with E-state index in [1.54, 1.807) is 23.3 Å². The average Bonchev–Trinajstić information content (AvgIpc) is 3.58. The summed E-state index contributed by atoms with van der Waals surface area (Å²) in [6, 6.07) is 43.6. The summed E-state index contributed by atoms with van der Waals surface area (Å²) in [5.41, 5.74) is 2.80. The Morgan fingerprint density at radius 3 is 1.47 bits per heavy atom. The second-order valence-corrected chi connectivity index (χ2v) is 15.4. The Morgan fingerprint density at radius 2 is 1.08 bits per heavy atom. The molecule has 0 bridgehead atoms. The number of hydrogen-bond acceptors (Lipinski definition) is 0. The van der Waals surface area contributed by atoms with Gasteiger partial charge in [0.2, 0.25) is 0 Å². The first-order valence-corrected chi connectivity index (χ1v) is 17.3. The number of halogens is 2. The second kappa shape index (κ2) is 16.6. The maximum Gasteiger partial charge on any atom is -0.0771 e. The molecule has 0 heterocycles. The molecule has 0 N–H and O–H groups in total. The first kappa shape index (κ1) is 30.1. The van der Waals surface area contributed by atoms with Crippen molar-refractivity contribution in [1.29, 1.82) is 0 Å². The molecule has 0 fully saturated rings. The minimum Gasteiger partial charge on any atom is -0.126 e. The average molecular weight is 603 g/mol. The molecule has 0 saturated carbocycles. The molecule has 0 unspecified atom stereocenters. The molecule has 0 saturated heterocycles. The fourth-order valence-corrected chi connectivity index (χ4v) is 8.58. The zero-order valence-electron chi connectivity index (χ0n) is 20.1. The van der Waals surface area contributed by atoms with Crippen LogP contribution in [0, 0.1) is 6.08 Å². The van der Waals surface area contributed by atoms with Gasteiger partial charge in [-0.2, -0.15) is 6.08 Å². The van der Waals surface area contributed by atoms with E-state index in [0.717, 1.165) is 6.42 Å². The second-order valence-electron chi connectivity index (χ2n) is 8.25. The molecule has 180 valence electrons. The van der Waals surface area contributed by atoms with Crippen molar-refractivity contribution < 1.29 is 48.1 Å². The van der Waals surface area contributed by atoms with Crippen molar-refractivity contribution in [3.05, 3.63) is 151 Å². The van der Waals surface area contributed by atoms with Crippen LogP contribution in [0.4, 0.5) is 0 Å². The molecule has 0 amide bonds. The molecule has 0 radical (unpaired) electrons. The van der Waals surface area contributed by atoms with Crippen LogP contribution in [0.1, 0.15) is 17.5 Å². The van der Waals surface area contributed by atoms with E-state index in [9.17, 15) is 0 Å². The number of hydrogen-bond donors (Lipinski definition) is 0. The van der Waals surface area contributed by atoms with Gasteiger partial charge in [-0.3, -0.25) is 6.08 Å². The van der Waals surface area contributed by atoms with Crippen LogP contribution in [0.2, 0.25) is 0 Å². The number of benzene rings is 4. The third-order valence-electron chi connectivity index (χ3n) is 5.63. The molecule has 0 aliphatic heterocycles. The smallest absolute Gasteiger partial charge is 0.0771 e. The molecule has 1 aliphatic rings. The molecule has 5 aromatic carbocycles. The molecule has 0 atom stereocenters. The van der Waals surface area contributed by atoms with Crippen LogP contribution in [0.3, 0.4) is 0 Å². The minimum atomic E-state index is -0.204. The van der Waals surface area contributed by atoms with Crippen molar-refractivity contribution in [2.45, 2.75) is 18.5 Å². The van der Waals surface area contributed by atoms with E-state index in [2.05, 4.69) is 127 Å². The Balaban J connectivity index is 0.000000205. The van der Waals surface area contributed by atoms with Gasteiger partial charge in [0.1, 0.15) is 0 Å². The zero-order valence-corrected chi connectivity index (χ0v) is 25.0. The van der Waals surface area contributed by atoms with Gasteiger partial charge < -0.3 is 24.8 Å². The van der Waals surface area contributed by atoms with Crippen LogP contribution in [0.5, 0.6) is 0 Å². The summed E-state index contributed by atoms with van der Waals surface area (Å²) in [6.45, 7) is 0. The van der Waals surface area contributed by atoms with Gasteiger partial charge >= 0.3 is 113 Å². The van der Waals surface area contributed by atoms with E-state index in [0.29, 0.717) is 0 Å². The predicted octanol–water partition coefficient (Wildman–Crippen LogP) is 2.11. The van der Waals surface area contributed by atoms with Crippen LogP contribution >= 0.6 is 0 Å². The first-order valence-electron chi connectivity index (χ1n) is 11.7. The van der Waals surface area contributed by atoms with Crippen LogP contribution in [-0.4, -0.2) is 5.43 Å². The Labute approximate surface area is 242 Å². The van der Waals surface area contributed by atoms with Gasteiger partial charge in [-0.15, -0.1) is 46.2 Å². The van der Waals surface area contributed by atoms with E-state index >= 15 is 0 Å². The van der Waals surface area contributed by atoms with Crippen molar-refractivity contribution in [2.24, 2.45) is 0 Å². The molecule has 1 aliphatic carbocycles. The molecule has 4 heteroatoms. The Morgan fingerprint density at radius 1 is 0.639 bits per heavy atom. The minimum absolute atomic E-state index is 0. The largest absolute Gasteiger partial charge is 0.126 e. The Kier molecular flexibility index (Phi) is 13.9. The van der Waals surface area contributed by atoms with E-state index in [4.69, 9.17) is 0 Å². The van der Waals surface area contributed by atoms with Crippen LogP contribution < -0.4 is 24.8 Å². The molecule has 0 spiro atoms. The summed E-state index contributed by atoms with van der Waals surface area (Å²) in [6.07, 6.45) is 10.0. The SMILES string of the molecule is [C-]1=CC=CC1.[Cl-].[Cl-].[Zr+2]=[Si](Cc1ccccc1)Cc1ccccc1.c1ccc2c(c1)[cH-]c1ccccc12. The fraction of sp³-hybridized carbons (Fsp3) is 0.0938. The van der Waals surface area contributed by atoms with Gasteiger partial charge in [0.15, 0.2) is 0 Å². The van der Waals surface area contributed by atoms with Crippen molar-refractivity contribution in [1.82, 2.24) is 0 Å². The molecular formula is C32H28Cl2SiZr-2. The fourth-order valence-electron chi connectivity index (χ4n) is 3.99. The van der Waals surface area contributed by atoms with Crippen molar-refractivity contribution in [2.75, 3.05) is 0 Å². The van der Waals surface area contributed by atoms with Crippen LogP contribution in [0.25, 0.3) is 21.5 Å². The third-order valence-corrected chi connectivity index (χ3v) is 9.91. The van der Waals surface area contributed by atoms with Gasteiger partial charge in [0.25, 0.3) is 0 Å². The summed E-state index contributed by atoms with van der Waals surface area (Å²) in [5, 5.41) is 5.39.